The maximum absolute atomic E-state index is 9.57. The molecule has 0 bridgehead atoms. The summed E-state index contributed by atoms with van der Waals surface area (Å²) < 4.78 is 16.5. The number of thiocarbonyl (C=S) groups is 1. The van der Waals surface area contributed by atoms with Crippen molar-refractivity contribution in [1.82, 2.24) is 4.98 Å². The van der Waals surface area contributed by atoms with Crippen LogP contribution in [0.5, 0.6) is 11.5 Å². The number of rotatable bonds is 5. The van der Waals surface area contributed by atoms with Gasteiger partial charge in [-0.1, -0.05) is 12.2 Å². The third-order valence-electron chi connectivity index (χ3n) is 4.08. The van der Waals surface area contributed by atoms with Gasteiger partial charge in [-0.15, -0.1) is 0 Å². The zero-order valence-electron chi connectivity index (χ0n) is 15.1. The SMILES string of the molecule is COc1ccc(N=c2oc3c(C)ncc(CO)c3cc2C(N)=S)cc1OC. The minimum atomic E-state index is -0.178. The molecular weight excluding hydrogens is 366 g/mol. The average molecular weight is 385 g/mol. The number of hydrogen-bond donors (Lipinski definition) is 2. The highest BCUT2D eigenvalue weighted by Crippen LogP contribution is 2.31. The molecule has 0 saturated heterocycles. The Bertz CT molecular complexity index is 1090. The fourth-order valence-corrected chi connectivity index (χ4v) is 2.83. The molecule has 1 aromatic carbocycles. The van der Waals surface area contributed by atoms with Gasteiger partial charge in [0, 0.05) is 23.2 Å². The predicted molar refractivity (Wildman–Crippen MR) is 105 cm³/mol. The van der Waals surface area contributed by atoms with Crippen LogP contribution in [0.25, 0.3) is 11.0 Å². The molecule has 2 heterocycles. The van der Waals surface area contributed by atoms with Gasteiger partial charge in [0.05, 0.1) is 37.8 Å². The van der Waals surface area contributed by atoms with Crippen molar-refractivity contribution in [1.29, 1.82) is 0 Å². The number of aliphatic hydroxyl groups excluding tert-OH is 1. The number of methoxy groups -OCH3 is 2. The zero-order chi connectivity index (χ0) is 19.6. The Balaban J connectivity index is 2.30. The molecule has 7 nitrogen and oxygen atoms in total. The molecule has 0 aliphatic rings. The molecule has 0 atom stereocenters. The topological polar surface area (TPSA) is 103 Å². The molecule has 0 fully saturated rings. The van der Waals surface area contributed by atoms with E-state index < -0.39 is 0 Å². The van der Waals surface area contributed by atoms with E-state index in [1.54, 1.807) is 44.7 Å². The van der Waals surface area contributed by atoms with Gasteiger partial charge in [-0.05, 0) is 25.1 Å². The highest BCUT2D eigenvalue weighted by atomic mass is 32.1. The Labute approximate surface area is 161 Å². The van der Waals surface area contributed by atoms with Crippen LogP contribution >= 0.6 is 12.2 Å². The monoisotopic (exact) mass is 385 g/mol. The number of fused-ring (bicyclic) bond motifs is 1. The summed E-state index contributed by atoms with van der Waals surface area (Å²) >= 11 is 5.16. The number of benzene rings is 1. The number of pyridine rings is 1. The number of aromatic nitrogens is 1. The number of ether oxygens (including phenoxy) is 2. The Morgan fingerprint density at radius 3 is 2.63 bits per heavy atom. The Morgan fingerprint density at radius 1 is 1.26 bits per heavy atom. The molecule has 0 aliphatic heterocycles. The lowest BCUT2D eigenvalue weighted by molar-refractivity contribution is 0.282. The molecule has 0 amide bonds. The van der Waals surface area contributed by atoms with Gasteiger partial charge in [0.1, 0.15) is 4.99 Å². The number of nitrogens with zero attached hydrogens (tertiary/aromatic N) is 2. The van der Waals surface area contributed by atoms with Crippen LogP contribution in [-0.2, 0) is 6.61 Å². The van der Waals surface area contributed by atoms with Gasteiger partial charge >= 0.3 is 0 Å². The first-order valence-corrected chi connectivity index (χ1v) is 8.49. The summed E-state index contributed by atoms with van der Waals surface area (Å²) in [4.78, 5) is 8.93. The fourth-order valence-electron chi connectivity index (χ4n) is 2.69. The van der Waals surface area contributed by atoms with E-state index >= 15 is 0 Å². The molecule has 3 rings (SSSR count). The molecule has 0 spiro atoms. The van der Waals surface area contributed by atoms with Gasteiger partial charge in [-0.3, -0.25) is 4.98 Å². The van der Waals surface area contributed by atoms with Crippen LogP contribution in [-0.4, -0.2) is 29.3 Å². The highest BCUT2D eigenvalue weighted by molar-refractivity contribution is 7.80. The van der Waals surface area contributed by atoms with Gasteiger partial charge < -0.3 is 24.7 Å². The molecule has 140 valence electrons. The number of aryl methyl sites for hydroxylation is 1. The summed E-state index contributed by atoms with van der Waals surface area (Å²) in [7, 11) is 3.11. The molecule has 3 N–H and O–H groups in total. The molecule has 3 aromatic rings. The zero-order valence-corrected chi connectivity index (χ0v) is 16.0. The van der Waals surface area contributed by atoms with Crippen molar-refractivity contribution < 1.29 is 19.0 Å². The minimum Gasteiger partial charge on any atom is -0.493 e. The van der Waals surface area contributed by atoms with Crippen molar-refractivity contribution in [2.24, 2.45) is 10.7 Å². The van der Waals surface area contributed by atoms with E-state index in [1.807, 2.05) is 6.92 Å². The molecule has 2 aromatic heterocycles. The van der Waals surface area contributed by atoms with E-state index in [0.29, 0.717) is 45.0 Å². The smallest absolute Gasteiger partial charge is 0.230 e. The predicted octanol–water partition coefficient (Wildman–Crippen LogP) is 2.51. The van der Waals surface area contributed by atoms with Crippen LogP contribution in [0.4, 0.5) is 5.69 Å². The quantitative estimate of drug-likeness (QED) is 0.651. The third kappa shape index (κ3) is 3.62. The first kappa shape index (κ1) is 18.8. The number of nitrogens with two attached hydrogens (primary N) is 1. The summed E-state index contributed by atoms with van der Waals surface area (Å²) in [5.74, 6) is 1.13. The van der Waals surface area contributed by atoms with Crippen molar-refractivity contribution in [3.8, 4) is 11.5 Å². The Kier molecular flexibility index (Phi) is 5.38. The van der Waals surface area contributed by atoms with Crippen LogP contribution in [0.3, 0.4) is 0 Å². The van der Waals surface area contributed by atoms with Gasteiger partial charge in [-0.25, -0.2) is 4.99 Å². The summed E-state index contributed by atoms with van der Waals surface area (Å²) in [6.07, 6.45) is 1.60. The normalized spacial score (nSPS) is 11.6. The second-order valence-electron chi connectivity index (χ2n) is 5.75. The largest absolute Gasteiger partial charge is 0.493 e. The van der Waals surface area contributed by atoms with Crippen LogP contribution < -0.4 is 20.8 Å². The van der Waals surface area contributed by atoms with E-state index in [4.69, 9.17) is 31.8 Å². The van der Waals surface area contributed by atoms with Crippen molar-refractivity contribution >= 4 is 33.9 Å². The van der Waals surface area contributed by atoms with Crippen molar-refractivity contribution in [2.75, 3.05) is 14.2 Å². The van der Waals surface area contributed by atoms with Gasteiger partial charge in [-0.2, -0.15) is 0 Å². The van der Waals surface area contributed by atoms with Crippen molar-refractivity contribution in [3.63, 3.8) is 0 Å². The minimum absolute atomic E-state index is 0.137. The van der Waals surface area contributed by atoms with Crippen molar-refractivity contribution in [2.45, 2.75) is 13.5 Å². The molecule has 0 aliphatic carbocycles. The molecule has 0 saturated carbocycles. The summed E-state index contributed by atoms with van der Waals surface area (Å²) in [6.45, 7) is 1.63. The number of aliphatic hydroxyl groups is 1. The van der Waals surface area contributed by atoms with Gasteiger partial charge in [0.25, 0.3) is 0 Å². The standard InChI is InChI=1S/C19H19N3O4S/c1-10-17-13(11(9-23)8-21-10)7-14(18(20)27)19(26-17)22-12-4-5-15(24-2)16(6-12)25-3/h4-8,23H,9H2,1-3H3,(H2,20,27). The first-order valence-electron chi connectivity index (χ1n) is 8.08. The molecule has 27 heavy (non-hydrogen) atoms. The Morgan fingerprint density at radius 2 is 2.00 bits per heavy atom. The van der Waals surface area contributed by atoms with E-state index in [0.717, 1.165) is 0 Å². The summed E-state index contributed by atoms with van der Waals surface area (Å²) in [5.41, 5.74) is 8.98. The molecule has 0 unspecified atom stereocenters. The van der Waals surface area contributed by atoms with E-state index in [9.17, 15) is 5.11 Å². The lowest BCUT2D eigenvalue weighted by atomic mass is 10.1. The maximum atomic E-state index is 9.57. The fraction of sp³-hybridized carbons (Fsp3) is 0.211. The van der Waals surface area contributed by atoms with Gasteiger partial charge in [0.2, 0.25) is 5.55 Å². The van der Waals surface area contributed by atoms with Crippen LogP contribution in [0.1, 0.15) is 16.8 Å². The second-order valence-corrected chi connectivity index (χ2v) is 6.19. The van der Waals surface area contributed by atoms with Crippen molar-refractivity contribution in [3.05, 3.63) is 52.8 Å². The van der Waals surface area contributed by atoms with E-state index in [2.05, 4.69) is 9.98 Å². The number of hydrogen-bond acceptors (Lipinski definition) is 7. The second kappa shape index (κ2) is 7.73. The summed E-state index contributed by atoms with van der Waals surface area (Å²) in [6, 6.07) is 6.99. The Hall–Kier alpha value is -2.97. The lowest BCUT2D eigenvalue weighted by Gasteiger charge is -2.09. The van der Waals surface area contributed by atoms with Gasteiger partial charge in [0.15, 0.2) is 17.1 Å². The molecular formula is C19H19N3O4S. The third-order valence-corrected chi connectivity index (χ3v) is 4.30. The van der Waals surface area contributed by atoms with E-state index in [1.165, 1.54) is 0 Å². The lowest BCUT2D eigenvalue weighted by Crippen LogP contribution is -2.21. The van der Waals surface area contributed by atoms with Crippen LogP contribution in [0.2, 0.25) is 0 Å². The highest BCUT2D eigenvalue weighted by Gasteiger charge is 2.13. The average Bonchev–Trinajstić information content (AvgIpc) is 2.68. The molecule has 8 heteroatoms. The summed E-state index contributed by atoms with van der Waals surface area (Å²) in [5, 5.41) is 10.3. The first-order chi connectivity index (χ1) is 13.0. The van der Waals surface area contributed by atoms with Crippen LogP contribution in [0.15, 0.2) is 39.9 Å². The molecule has 0 radical (unpaired) electrons. The maximum Gasteiger partial charge on any atom is 0.230 e. The van der Waals surface area contributed by atoms with E-state index in [-0.39, 0.29) is 17.1 Å². The van der Waals surface area contributed by atoms with Crippen LogP contribution in [0, 0.1) is 6.92 Å².